The quantitative estimate of drug-likeness (QED) is 0.194. The Labute approximate surface area is 268 Å². The smallest absolute Gasteiger partial charge is 0.164 e. The van der Waals surface area contributed by atoms with E-state index < -0.39 is 0 Å². The number of hydrogen-bond donors (Lipinski definition) is 0. The van der Waals surface area contributed by atoms with Gasteiger partial charge in [-0.15, -0.1) is 0 Å². The minimum Gasteiger partial charge on any atom is -0.208 e. The summed E-state index contributed by atoms with van der Waals surface area (Å²) >= 11 is 0. The van der Waals surface area contributed by atoms with Gasteiger partial charge >= 0.3 is 0 Å². The Bertz CT molecular complexity index is 2200. The number of nitrogens with zero attached hydrogens (tertiary/aromatic N) is 3. The highest BCUT2D eigenvalue weighted by Crippen LogP contribution is 2.31. The van der Waals surface area contributed by atoms with Crippen molar-refractivity contribution in [3.8, 4) is 67.5 Å². The van der Waals surface area contributed by atoms with Crippen LogP contribution in [0.1, 0.15) is 0 Å². The molecule has 0 aliphatic rings. The molecule has 3 heteroatoms. The number of rotatable bonds is 6. The van der Waals surface area contributed by atoms with Gasteiger partial charge in [0.15, 0.2) is 17.5 Å². The lowest BCUT2D eigenvalue weighted by atomic mass is 9.96. The van der Waals surface area contributed by atoms with Gasteiger partial charge in [0.05, 0.1) is 0 Å². The fourth-order valence-electron chi connectivity index (χ4n) is 5.84. The topological polar surface area (TPSA) is 38.7 Å². The first kappa shape index (κ1) is 27.4. The number of hydrogen-bond acceptors (Lipinski definition) is 3. The normalized spacial score (nSPS) is 11.0. The van der Waals surface area contributed by atoms with Crippen molar-refractivity contribution in [2.24, 2.45) is 0 Å². The molecule has 0 N–H and O–H groups in total. The first-order chi connectivity index (χ1) is 22.8. The predicted octanol–water partition coefficient (Wildman–Crippen LogP) is 11.0. The van der Waals surface area contributed by atoms with E-state index in [0.717, 1.165) is 22.3 Å². The van der Waals surface area contributed by atoms with Crippen molar-refractivity contribution in [2.45, 2.75) is 0 Å². The molecule has 46 heavy (non-hydrogen) atoms. The third kappa shape index (κ3) is 5.58. The second-order valence-electron chi connectivity index (χ2n) is 11.3. The lowest BCUT2D eigenvalue weighted by Gasteiger charge is -2.10. The molecule has 8 aromatic rings. The van der Waals surface area contributed by atoms with E-state index in [0.29, 0.717) is 17.5 Å². The molecule has 0 aliphatic heterocycles. The van der Waals surface area contributed by atoms with Crippen LogP contribution >= 0.6 is 0 Å². The van der Waals surface area contributed by atoms with Gasteiger partial charge in [0.25, 0.3) is 0 Å². The first-order valence-electron chi connectivity index (χ1n) is 15.4. The molecule has 1 aromatic heterocycles. The lowest BCUT2D eigenvalue weighted by Crippen LogP contribution is -2.00. The largest absolute Gasteiger partial charge is 0.208 e. The molecule has 8 rings (SSSR count). The first-order valence-corrected chi connectivity index (χ1v) is 15.4. The van der Waals surface area contributed by atoms with Crippen LogP contribution in [-0.2, 0) is 0 Å². The molecular weight excluding hydrogens is 558 g/mol. The molecule has 7 aromatic carbocycles. The summed E-state index contributed by atoms with van der Waals surface area (Å²) in [4.78, 5) is 14.6. The van der Waals surface area contributed by atoms with Crippen LogP contribution in [0.5, 0.6) is 0 Å². The van der Waals surface area contributed by atoms with Crippen LogP contribution in [0.15, 0.2) is 176 Å². The second kappa shape index (κ2) is 12.1. The van der Waals surface area contributed by atoms with Crippen LogP contribution in [0.25, 0.3) is 78.3 Å². The number of fused-ring (bicyclic) bond motifs is 1. The van der Waals surface area contributed by atoms with Gasteiger partial charge in [-0.1, -0.05) is 164 Å². The molecule has 0 saturated heterocycles. The molecule has 1 heterocycles. The highest BCUT2D eigenvalue weighted by Gasteiger charge is 2.12. The molecule has 216 valence electrons. The van der Waals surface area contributed by atoms with Crippen LogP contribution in [0, 0.1) is 0 Å². The molecule has 0 saturated carbocycles. The fraction of sp³-hybridized carbons (Fsp3) is 0. The fourth-order valence-corrected chi connectivity index (χ4v) is 5.84. The van der Waals surface area contributed by atoms with Crippen molar-refractivity contribution < 1.29 is 0 Å². The maximum absolute atomic E-state index is 4.87. The van der Waals surface area contributed by atoms with Crippen LogP contribution in [0.3, 0.4) is 0 Å². The van der Waals surface area contributed by atoms with E-state index >= 15 is 0 Å². The van der Waals surface area contributed by atoms with Gasteiger partial charge in [-0.3, -0.25) is 0 Å². The van der Waals surface area contributed by atoms with Gasteiger partial charge in [0, 0.05) is 16.7 Å². The summed E-state index contributed by atoms with van der Waals surface area (Å²) in [6.45, 7) is 0. The van der Waals surface area contributed by atoms with E-state index in [-0.39, 0.29) is 0 Å². The zero-order chi connectivity index (χ0) is 30.7. The minimum absolute atomic E-state index is 0.655. The van der Waals surface area contributed by atoms with Crippen LogP contribution < -0.4 is 0 Å². The third-order valence-corrected chi connectivity index (χ3v) is 8.34. The van der Waals surface area contributed by atoms with Gasteiger partial charge in [-0.25, -0.2) is 15.0 Å². The van der Waals surface area contributed by atoms with Crippen LogP contribution in [0.2, 0.25) is 0 Å². The highest BCUT2D eigenvalue weighted by molar-refractivity contribution is 5.91. The summed E-state index contributed by atoms with van der Waals surface area (Å²) in [6, 6.07) is 61.3. The summed E-state index contributed by atoms with van der Waals surface area (Å²) in [5.74, 6) is 1.98. The summed E-state index contributed by atoms with van der Waals surface area (Å²) < 4.78 is 0. The van der Waals surface area contributed by atoms with Gasteiger partial charge in [-0.2, -0.15) is 0 Å². The van der Waals surface area contributed by atoms with Crippen molar-refractivity contribution in [1.82, 2.24) is 15.0 Å². The average molecular weight is 588 g/mol. The minimum atomic E-state index is 0.655. The molecular formula is C43H29N3. The number of aromatic nitrogens is 3. The standard InChI is InChI=1S/C43H29N3/c1-4-10-30(11-5-1)31-16-18-32(19-17-31)37-24-26-40-29-38(25-27-39(40)28-37)33-20-22-36(23-21-33)43-45-41(34-12-6-2-7-13-34)44-42(46-43)35-14-8-3-9-15-35/h1-29H. The predicted molar refractivity (Wildman–Crippen MR) is 190 cm³/mol. The maximum atomic E-state index is 4.87. The monoisotopic (exact) mass is 587 g/mol. The van der Waals surface area contributed by atoms with Crippen molar-refractivity contribution in [1.29, 1.82) is 0 Å². The second-order valence-corrected chi connectivity index (χ2v) is 11.3. The van der Waals surface area contributed by atoms with Gasteiger partial charge in [0.2, 0.25) is 0 Å². The Morgan fingerprint density at radius 1 is 0.217 bits per heavy atom. The lowest BCUT2D eigenvalue weighted by molar-refractivity contribution is 1.07. The van der Waals surface area contributed by atoms with Crippen LogP contribution in [0.4, 0.5) is 0 Å². The van der Waals surface area contributed by atoms with Crippen molar-refractivity contribution in [3.05, 3.63) is 176 Å². The molecule has 0 bridgehead atoms. The molecule has 0 spiro atoms. The molecule has 0 atom stereocenters. The third-order valence-electron chi connectivity index (χ3n) is 8.34. The van der Waals surface area contributed by atoms with E-state index in [1.807, 2.05) is 66.7 Å². The van der Waals surface area contributed by atoms with E-state index in [1.165, 1.54) is 38.6 Å². The van der Waals surface area contributed by atoms with Crippen LogP contribution in [-0.4, -0.2) is 15.0 Å². The zero-order valence-electron chi connectivity index (χ0n) is 25.1. The summed E-state index contributed by atoms with van der Waals surface area (Å²) in [6.07, 6.45) is 0. The molecule has 3 nitrogen and oxygen atoms in total. The van der Waals surface area contributed by atoms with E-state index in [2.05, 4.69) is 109 Å². The Morgan fingerprint density at radius 3 is 0.870 bits per heavy atom. The van der Waals surface area contributed by atoms with Gasteiger partial charge in [0.1, 0.15) is 0 Å². The highest BCUT2D eigenvalue weighted by atomic mass is 15.0. The van der Waals surface area contributed by atoms with E-state index in [4.69, 9.17) is 15.0 Å². The Hall–Kier alpha value is -6.19. The molecule has 0 fully saturated rings. The molecule has 0 amide bonds. The van der Waals surface area contributed by atoms with E-state index in [9.17, 15) is 0 Å². The maximum Gasteiger partial charge on any atom is 0.164 e. The van der Waals surface area contributed by atoms with Crippen molar-refractivity contribution in [3.63, 3.8) is 0 Å². The molecule has 0 aliphatic carbocycles. The van der Waals surface area contributed by atoms with E-state index in [1.54, 1.807) is 0 Å². The zero-order valence-corrected chi connectivity index (χ0v) is 25.1. The Kier molecular flexibility index (Phi) is 7.18. The van der Waals surface area contributed by atoms with Gasteiger partial charge < -0.3 is 0 Å². The SMILES string of the molecule is c1ccc(-c2ccc(-c3ccc4cc(-c5ccc(-c6nc(-c7ccccc7)nc(-c7ccccc7)n6)cc5)ccc4c3)cc2)cc1. The number of benzene rings is 7. The molecule has 0 unspecified atom stereocenters. The summed E-state index contributed by atoms with van der Waals surface area (Å²) in [5.41, 5.74) is 10.1. The van der Waals surface area contributed by atoms with Crippen molar-refractivity contribution in [2.75, 3.05) is 0 Å². The average Bonchev–Trinajstić information content (AvgIpc) is 3.15. The Balaban J connectivity index is 1.08. The Morgan fingerprint density at radius 2 is 0.478 bits per heavy atom. The van der Waals surface area contributed by atoms with Crippen molar-refractivity contribution >= 4 is 10.8 Å². The molecule has 0 radical (unpaired) electrons. The summed E-state index contributed by atoms with van der Waals surface area (Å²) in [7, 11) is 0. The summed E-state index contributed by atoms with van der Waals surface area (Å²) in [5, 5.41) is 2.43. The van der Waals surface area contributed by atoms with Gasteiger partial charge in [-0.05, 0) is 56.3 Å².